The molecule has 3 rings (SSSR count). The number of hydrogen-bond donors (Lipinski definition) is 2. The van der Waals surface area contributed by atoms with E-state index in [-0.39, 0.29) is 5.41 Å². The molecule has 0 aliphatic carbocycles. The zero-order valence-corrected chi connectivity index (χ0v) is 14.3. The number of benzene rings is 1. The molecule has 0 atom stereocenters. The highest BCUT2D eigenvalue weighted by molar-refractivity contribution is 6.40. The fourth-order valence-electron chi connectivity index (χ4n) is 3.42. The third kappa shape index (κ3) is 3.14. The molecule has 2 aromatic rings. The SMILES string of the molecule is COc1cc2nccc(N3CC(C)(CCB(O)O)C3)c2cc1OC. The van der Waals surface area contributed by atoms with Crippen molar-refractivity contribution in [3.63, 3.8) is 0 Å². The van der Waals surface area contributed by atoms with Crippen molar-refractivity contribution in [3.8, 4) is 11.5 Å². The van der Waals surface area contributed by atoms with Crippen molar-refractivity contribution in [2.24, 2.45) is 5.41 Å². The Morgan fingerprint density at radius 2 is 1.88 bits per heavy atom. The van der Waals surface area contributed by atoms with Gasteiger partial charge >= 0.3 is 7.12 Å². The normalized spacial score (nSPS) is 16.0. The second kappa shape index (κ2) is 6.49. The minimum Gasteiger partial charge on any atom is -0.493 e. The van der Waals surface area contributed by atoms with E-state index >= 15 is 0 Å². The first-order chi connectivity index (χ1) is 11.5. The van der Waals surface area contributed by atoms with Crippen molar-refractivity contribution in [1.82, 2.24) is 4.98 Å². The van der Waals surface area contributed by atoms with Gasteiger partial charge in [-0.15, -0.1) is 0 Å². The lowest BCUT2D eigenvalue weighted by Gasteiger charge is -2.50. The Morgan fingerprint density at radius 3 is 2.50 bits per heavy atom. The number of nitrogens with zero attached hydrogens (tertiary/aromatic N) is 2. The van der Waals surface area contributed by atoms with E-state index < -0.39 is 7.12 Å². The summed E-state index contributed by atoms with van der Waals surface area (Å²) >= 11 is 0. The number of anilines is 1. The Labute approximate surface area is 142 Å². The highest BCUT2D eigenvalue weighted by Crippen LogP contribution is 2.42. The van der Waals surface area contributed by atoms with Crippen molar-refractivity contribution in [2.75, 3.05) is 32.2 Å². The van der Waals surface area contributed by atoms with Crippen molar-refractivity contribution in [3.05, 3.63) is 24.4 Å². The Kier molecular flexibility index (Phi) is 4.56. The maximum Gasteiger partial charge on any atom is 0.451 e. The first kappa shape index (κ1) is 16.9. The monoisotopic (exact) mass is 330 g/mol. The van der Waals surface area contributed by atoms with E-state index in [1.54, 1.807) is 20.4 Å². The van der Waals surface area contributed by atoms with Crippen LogP contribution in [0.1, 0.15) is 13.3 Å². The molecule has 1 fully saturated rings. The van der Waals surface area contributed by atoms with Crippen LogP contribution in [0.2, 0.25) is 6.32 Å². The number of aromatic nitrogens is 1. The molecule has 2 heterocycles. The molecule has 0 radical (unpaired) electrons. The van der Waals surface area contributed by atoms with Gasteiger partial charge in [0.25, 0.3) is 0 Å². The van der Waals surface area contributed by atoms with Gasteiger partial charge in [-0.25, -0.2) is 0 Å². The van der Waals surface area contributed by atoms with Crippen LogP contribution in [0.4, 0.5) is 5.69 Å². The number of hydrogen-bond acceptors (Lipinski definition) is 6. The fraction of sp³-hybridized carbons (Fsp3) is 0.471. The highest BCUT2D eigenvalue weighted by atomic mass is 16.5. The van der Waals surface area contributed by atoms with Crippen LogP contribution in [-0.2, 0) is 0 Å². The molecule has 2 N–H and O–H groups in total. The molecular formula is C17H23BN2O4. The van der Waals surface area contributed by atoms with Gasteiger partial charge in [0.1, 0.15) is 0 Å². The zero-order valence-electron chi connectivity index (χ0n) is 14.3. The molecule has 7 heteroatoms. The first-order valence-electron chi connectivity index (χ1n) is 8.07. The Hall–Kier alpha value is -1.99. The minimum absolute atomic E-state index is 0.107. The van der Waals surface area contributed by atoms with Crippen LogP contribution in [-0.4, -0.2) is 49.5 Å². The molecule has 0 unspecified atom stereocenters. The Morgan fingerprint density at radius 1 is 1.21 bits per heavy atom. The quantitative estimate of drug-likeness (QED) is 0.789. The predicted octanol–water partition coefficient (Wildman–Crippen LogP) is 1.94. The maximum absolute atomic E-state index is 9.07. The lowest BCUT2D eigenvalue weighted by atomic mass is 9.70. The van der Waals surface area contributed by atoms with Gasteiger partial charge in [-0.05, 0) is 24.9 Å². The fourth-order valence-corrected chi connectivity index (χ4v) is 3.42. The van der Waals surface area contributed by atoms with E-state index in [0.717, 1.165) is 36.1 Å². The van der Waals surface area contributed by atoms with Gasteiger partial charge in [-0.1, -0.05) is 6.92 Å². The molecule has 0 saturated carbocycles. The Balaban J connectivity index is 1.86. The molecule has 24 heavy (non-hydrogen) atoms. The van der Waals surface area contributed by atoms with Crippen LogP contribution in [0.15, 0.2) is 24.4 Å². The summed E-state index contributed by atoms with van der Waals surface area (Å²) in [6.07, 6.45) is 3.00. The van der Waals surface area contributed by atoms with Crippen LogP contribution in [0, 0.1) is 5.41 Å². The number of methoxy groups -OCH3 is 2. The Bertz CT molecular complexity index is 732. The molecule has 0 bridgehead atoms. The summed E-state index contributed by atoms with van der Waals surface area (Å²) in [6.45, 7) is 3.94. The lowest BCUT2D eigenvalue weighted by molar-refractivity contribution is 0.227. The van der Waals surface area contributed by atoms with Gasteiger partial charge in [0, 0.05) is 41.8 Å². The van der Waals surface area contributed by atoms with E-state index in [4.69, 9.17) is 19.5 Å². The molecule has 1 saturated heterocycles. The van der Waals surface area contributed by atoms with Gasteiger partial charge in [-0.3, -0.25) is 4.98 Å². The molecule has 6 nitrogen and oxygen atoms in total. The van der Waals surface area contributed by atoms with Crippen molar-refractivity contribution < 1.29 is 19.5 Å². The van der Waals surface area contributed by atoms with Crippen LogP contribution >= 0.6 is 0 Å². The van der Waals surface area contributed by atoms with Gasteiger partial charge in [0.05, 0.1) is 19.7 Å². The molecule has 0 spiro atoms. The third-order valence-corrected chi connectivity index (χ3v) is 4.72. The number of ether oxygens (including phenoxy) is 2. The summed E-state index contributed by atoms with van der Waals surface area (Å²) in [5, 5.41) is 19.2. The van der Waals surface area contributed by atoms with Gasteiger partial charge in [0.2, 0.25) is 0 Å². The lowest BCUT2D eigenvalue weighted by Crippen LogP contribution is -2.55. The smallest absolute Gasteiger partial charge is 0.451 e. The van der Waals surface area contributed by atoms with Crippen molar-refractivity contribution >= 4 is 23.7 Å². The predicted molar refractivity (Wildman–Crippen MR) is 94.8 cm³/mol. The second-order valence-corrected chi connectivity index (χ2v) is 6.74. The molecule has 1 aromatic heterocycles. The number of fused-ring (bicyclic) bond motifs is 1. The van der Waals surface area contributed by atoms with Crippen LogP contribution in [0.5, 0.6) is 11.5 Å². The largest absolute Gasteiger partial charge is 0.493 e. The van der Waals surface area contributed by atoms with Gasteiger partial charge < -0.3 is 24.4 Å². The molecule has 128 valence electrons. The summed E-state index contributed by atoms with van der Waals surface area (Å²) in [5.41, 5.74) is 2.09. The zero-order chi connectivity index (χ0) is 17.3. The second-order valence-electron chi connectivity index (χ2n) is 6.74. The highest BCUT2D eigenvalue weighted by Gasteiger charge is 2.39. The summed E-state index contributed by atoms with van der Waals surface area (Å²) in [7, 11) is 2.01. The molecular weight excluding hydrogens is 307 g/mol. The van der Waals surface area contributed by atoms with E-state index in [1.807, 2.05) is 18.2 Å². The molecule has 0 amide bonds. The maximum atomic E-state index is 9.07. The standard InChI is InChI=1S/C17H23BN2O4/c1-17(5-6-18(21)22)10-20(11-17)14-4-7-19-13-9-16(24-3)15(23-2)8-12(13)14/h4,7-9,21-22H,5-6,10-11H2,1-3H3. The summed E-state index contributed by atoms with van der Waals surface area (Å²) in [6, 6.07) is 5.86. The number of pyridine rings is 1. The molecule has 1 aromatic carbocycles. The van der Waals surface area contributed by atoms with Crippen molar-refractivity contribution in [2.45, 2.75) is 19.7 Å². The average Bonchev–Trinajstić information content (AvgIpc) is 2.55. The summed E-state index contributed by atoms with van der Waals surface area (Å²) < 4.78 is 10.8. The molecule has 1 aliphatic heterocycles. The average molecular weight is 330 g/mol. The van der Waals surface area contributed by atoms with E-state index in [0.29, 0.717) is 17.8 Å². The first-order valence-corrected chi connectivity index (χ1v) is 8.07. The van der Waals surface area contributed by atoms with Crippen LogP contribution in [0.25, 0.3) is 10.9 Å². The minimum atomic E-state index is -1.23. The van der Waals surface area contributed by atoms with E-state index in [1.165, 1.54) is 0 Å². The topological polar surface area (TPSA) is 75.1 Å². The van der Waals surface area contributed by atoms with E-state index in [2.05, 4.69) is 16.8 Å². The number of rotatable bonds is 6. The summed E-state index contributed by atoms with van der Waals surface area (Å²) in [4.78, 5) is 6.73. The third-order valence-electron chi connectivity index (χ3n) is 4.72. The summed E-state index contributed by atoms with van der Waals surface area (Å²) in [5.74, 6) is 1.35. The van der Waals surface area contributed by atoms with Crippen LogP contribution in [0.3, 0.4) is 0 Å². The van der Waals surface area contributed by atoms with E-state index in [9.17, 15) is 0 Å². The van der Waals surface area contributed by atoms with Crippen molar-refractivity contribution in [1.29, 1.82) is 0 Å². The molecule has 1 aliphatic rings. The van der Waals surface area contributed by atoms with Gasteiger partial charge in [-0.2, -0.15) is 0 Å². The van der Waals surface area contributed by atoms with Crippen LogP contribution < -0.4 is 14.4 Å². The van der Waals surface area contributed by atoms with Gasteiger partial charge in [0.15, 0.2) is 11.5 Å².